The molecule has 1 saturated heterocycles. The van der Waals surface area contributed by atoms with E-state index in [1.807, 2.05) is 39.2 Å². The van der Waals surface area contributed by atoms with Crippen molar-refractivity contribution in [2.75, 3.05) is 18.6 Å². The Morgan fingerprint density at radius 3 is 2.81 bits per heavy atom. The number of halogens is 1. The number of thioether (sulfide) groups is 1. The molecule has 4 aromatic heterocycles. The number of ketones is 1. The normalized spacial score (nSPS) is 20.1. The second-order valence-electron chi connectivity index (χ2n) is 11.3. The summed E-state index contributed by atoms with van der Waals surface area (Å²) in [5.41, 5.74) is 14.3. The highest BCUT2D eigenvalue weighted by molar-refractivity contribution is 8.00. The highest BCUT2D eigenvalue weighted by Crippen LogP contribution is 2.45. The van der Waals surface area contributed by atoms with Crippen molar-refractivity contribution in [1.82, 2.24) is 19.1 Å². The zero-order chi connectivity index (χ0) is 33.0. The predicted octanol–water partition coefficient (Wildman–Crippen LogP) is 2.58. The Kier molecular flexibility index (Phi) is 8.32. The fourth-order valence-corrected chi connectivity index (χ4v) is 8.96. The average molecular weight is 715 g/mol. The zero-order valence-corrected chi connectivity index (χ0v) is 28.1. The molecule has 2 atom stereocenters. The minimum Gasteiger partial charge on any atom is -0.477 e. The number of rotatable bonds is 12. The van der Waals surface area contributed by atoms with E-state index in [4.69, 9.17) is 27.9 Å². The first-order valence-corrected chi connectivity index (χ1v) is 17.7. The molecule has 1 amide bonds. The van der Waals surface area contributed by atoms with Crippen LogP contribution in [-0.2, 0) is 32.3 Å². The molecule has 6 heterocycles. The number of carbonyl (C=O) groups excluding carboxylic acids is 2. The molecule has 0 aromatic carbocycles. The molecular weight excluding hydrogens is 686 g/mol. The third-order valence-corrected chi connectivity index (χ3v) is 11.5. The highest BCUT2D eigenvalue weighted by atomic mass is 35.5. The maximum Gasteiger partial charge on any atom is 0.352 e. The minimum atomic E-state index is -1.20. The number of fused-ring (bicyclic) bond motifs is 2. The summed E-state index contributed by atoms with van der Waals surface area (Å²) in [4.78, 5) is 55.0. The molecule has 2 fully saturated rings. The number of β-lactam (4-membered cyclic amide) rings is 1. The lowest BCUT2D eigenvalue weighted by Crippen LogP contribution is -2.62. The molecule has 14 nitrogen and oxygen atoms in total. The molecule has 0 radical (unpaired) electrons. The zero-order valence-electron chi connectivity index (χ0n) is 24.9. The molecule has 0 bridgehead atoms. The Morgan fingerprint density at radius 2 is 2.11 bits per heavy atom. The van der Waals surface area contributed by atoms with Crippen molar-refractivity contribution < 1.29 is 28.9 Å². The first kappa shape index (κ1) is 31.4. The van der Waals surface area contributed by atoms with Crippen molar-refractivity contribution in [1.29, 1.82) is 0 Å². The number of carbonyl (C=O) groups is 3. The van der Waals surface area contributed by atoms with Gasteiger partial charge >= 0.3 is 11.6 Å². The number of amidine groups is 1. The third-order valence-electron chi connectivity index (χ3n) is 8.13. The molecule has 7 rings (SSSR count). The molecular formula is C29H29ClN9O5S3+. The van der Waals surface area contributed by atoms with Crippen LogP contribution in [0.25, 0.3) is 5.65 Å². The van der Waals surface area contributed by atoms with Crippen LogP contribution in [0.15, 0.2) is 57.5 Å². The molecule has 3 aliphatic rings. The number of anilines is 1. The Hall–Kier alpha value is -4.19. The van der Waals surface area contributed by atoms with Gasteiger partial charge in [0.05, 0.1) is 36.1 Å². The molecule has 2 aliphatic heterocycles. The smallest absolute Gasteiger partial charge is 0.352 e. The molecule has 5 N–H and O–H groups in total. The van der Waals surface area contributed by atoms with Crippen molar-refractivity contribution in [3.05, 3.63) is 67.8 Å². The number of carboxylic acids is 1. The average Bonchev–Trinajstić information content (AvgIpc) is 3.35. The summed E-state index contributed by atoms with van der Waals surface area (Å²) in [5, 5.41) is 15.7. The molecule has 1 aliphatic carbocycles. The van der Waals surface area contributed by atoms with E-state index in [1.165, 1.54) is 23.8 Å². The number of imidazole rings is 1. The van der Waals surface area contributed by atoms with E-state index in [0.717, 1.165) is 40.3 Å². The van der Waals surface area contributed by atoms with Gasteiger partial charge in [-0.25, -0.2) is 19.0 Å². The fraction of sp³-hybridized carbons (Fsp3) is 0.345. The van der Waals surface area contributed by atoms with Crippen LogP contribution >= 0.6 is 46.0 Å². The molecule has 0 spiro atoms. The maximum absolute atomic E-state index is 13.4. The van der Waals surface area contributed by atoms with Crippen molar-refractivity contribution in [2.45, 2.75) is 43.8 Å². The number of amides is 1. The van der Waals surface area contributed by atoms with Crippen LogP contribution in [0, 0.1) is 5.92 Å². The largest absolute Gasteiger partial charge is 0.477 e. The Morgan fingerprint density at radius 1 is 1.30 bits per heavy atom. The van der Waals surface area contributed by atoms with Gasteiger partial charge in [0, 0.05) is 28.0 Å². The number of Topliss-reactive ketones (excluding diaryl/α,β-unsaturated/α-hetero) is 1. The number of aliphatic imine (C=N–C) groups is 1. The van der Waals surface area contributed by atoms with Crippen LogP contribution < -0.4 is 16.0 Å². The van der Waals surface area contributed by atoms with Gasteiger partial charge in [-0.1, -0.05) is 28.1 Å². The number of hydrogen-bond acceptors (Lipinski definition) is 11. The lowest BCUT2D eigenvalue weighted by molar-refractivity contribution is -0.661. The number of carboxylic acid groups (broad SMARTS) is 1. The van der Waals surface area contributed by atoms with E-state index in [9.17, 15) is 19.5 Å². The fourth-order valence-electron chi connectivity index (χ4n) is 5.76. The minimum absolute atomic E-state index is 0.0537. The van der Waals surface area contributed by atoms with Crippen LogP contribution in [0.5, 0.6) is 0 Å². The number of aliphatic carboxylic acids is 1. The molecule has 18 heteroatoms. The molecule has 4 aromatic rings. The summed E-state index contributed by atoms with van der Waals surface area (Å²) in [5.74, 6) is -1.93. The van der Waals surface area contributed by atoms with Gasteiger partial charge in [0.15, 0.2) is 22.8 Å². The van der Waals surface area contributed by atoms with Gasteiger partial charge in [0.1, 0.15) is 41.4 Å². The Bertz CT molecular complexity index is 2020. The number of nitrogens with zero attached hydrogens (tertiary/aromatic N) is 7. The van der Waals surface area contributed by atoms with Crippen molar-refractivity contribution in [3.63, 3.8) is 0 Å². The highest BCUT2D eigenvalue weighted by Gasteiger charge is 2.54. The topological polar surface area (TPSA) is 187 Å². The number of aromatic nitrogens is 4. The van der Waals surface area contributed by atoms with Crippen LogP contribution in [0.4, 0.5) is 5.13 Å². The van der Waals surface area contributed by atoms with E-state index in [2.05, 4.69) is 25.8 Å². The number of thiophene rings is 1. The monoisotopic (exact) mass is 714 g/mol. The van der Waals surface area contributed by atoms with Crippen molar-refractivity contribution in [3.8, 4) is 0 Å². The van der Waals surface area contributed by atoms with Gasteiger partial charge in [-0.2, -0.15) is 0 Å². The van der Waals surface area contributed by atoms with Gasteiger partial charge in [0.2, 0.25) is 5.91 Å². The summed E-state index contributed by atoms with van der Waals surface area (Å²) >= 11 is 10.2. The van der Waals surface area contributed by atoms with E-state index in [1.54, 1.807) is 11.3 Å². The number of hydrogen-bond donors (Lipinski definition) is 3. The van der Waals surface area contributed by atoms with E-state index in [0.29, 0.717) is 29.7 Å². The quantitative estimate of drug-likeness (QED) is 0.0652. The Balaban J connectivity index is 1.07. The van der Waals surface area contributed by atoms with Crippen LogP contribution in [0.2, 0.25) is 4.34 Å². The Labute approximate surface area is 284 Å². The van der Waals surface area contributed by atoms with E-state index in [-0.39, 0.29) is 39.5 Å². The molecule has 47 heavy (non-hydrogen) atoms. The lowest BCUT2D eigenvalue weighted by Gasteiger charge is -2.49. The van der Waals surface area contributed by atoms with Crippen molar-refractivity contribution in [2.24, 2.45) is 21.8 Å². The van der Waals surface area contributed by atoms with Gasteiger partial charge < -0.3 is 21.4 Å². The standard InChI is InChI=1S/C29H28ClN9O5S3/c1-44-35-21(22-24(30)47-29(32)34-22)19(40)9-18-26(41)39-23(28(42)43)15(13-46-27(18)39)10-37-5-4-20-36(6-7-38(20)37)11-17-8-14(12-45-17)25(31)33-16-2-3-16/h4-8,12,16,18,27H,2-3,9-11,13H2,1H3,(H4-,31,32,33,34,42,43)/p+1/b35-21+/t18-,27-/m1/s1. The summed E-state index contributed by atoms with van der Waals surface area (Å²) in [6, 6.07) is 4.40. The number of oxime groups is 1. The van der Waals surface area contributed by atoms with E-state index < -0.39 is 29.0 Å². The van der Waals surface area contributed by atoms with Crippen molar-refractivity contribution >= 4 is 86.0 Å². The second kappa shape index (κ2) is 12.4. The van der Waals surface area contributed by atoms with Gasteiger partial charge in [0.25, 0.3) is 0 Å². The van der Waals surface area contributed by atoms with Gasteiger partial charge in [-0.05, 0) is 24.5 Å². The third kappa shape index (κ3) is 5.92. The van der Waals surface area contributed by atoms with Crippen LogP contribution in [0.3, 0.4) is 0 Å². The second-order valence-corrected chi connectivity index (χ2v) is 15.0. The first-order valence-electron chi connectivity index (χ1n) is 14.6. The molecule has 1 saturated carbocycles. The molecule has 0 unspecified atom stereocenters. The summed E-state index contributed by atoms with van der Waals surface area (Å²) in [7, 11) is 1.28. The summed E-state index contributed by atoms with van der Waals surface area (Å²) in [6.45, 7) is 0.905. The van der Waals surface area contributed by atoms with Crippen LogP contribution in [-0.4, -0.2) is 77.7 Å². The van der Waals surface area contributed by atoms with Crippen LogP contribution in [0.1, 0.15) is 35.4 Å². The predicted molar refractivity (Wildman–Crippen MR) is 179 cm³/mol. The van der Waals surface area contributed by atoms with E-state index >= 15 is 0 Å². The summed E-state index contributed by atoms with van der Waals surface area (Å²) in [6.07, 6.45) is 7.77. The van der Waals surface area contributed by atoms with Gasteiger partial charge in [-0.15, -0.1) is 27.6 Å². The number of nitrogen functional groups attached to an aromatic ring is 1. The van der Waals surface area contributed by atoms with Gasteiger partial charge in [-0.3, -0.25) is 19.5 Å². The molecule has 244 valence electrons. The first-order chi connectivity index (χ1) is 22.6. The SMILES string of the molecule is CO/N=C(\C(=O)C[C@@H]1C(=O)N2C(C(=O)O)=C(Cn3ccc4n3cc[n+]4Cc3cc(C(N)=NC4CC4)cs3)CS[C@H]12)c1nc(N)sc1Cl. The summed E-state index contributed by atoms with van der Waals surface area (Å²) < 4.78 is 6.14. The number of nitrogens with two attached hydrogens (primary N) is 2. The lowest BCUT2D eigenvalue weighted by atomic mass is 9.89. The maximum atomic E-state index is 13.4. The number of thiazole rings is 1.